The number of nitrogens with two attached hydrogens (primary N) is 1. The van der Waals surface area contributed by atoms with E-state index in [1.54, 1.807) is 6.07 Å². The fourth-order valence-electron chi connectivity index (χ4n) is 2.37. The maximum Gasteiger partial charge on any atom is 0.354 e. The van der Waals surface area contributed by atoms with Crippen molar-refractivity contribution >= 4 is 17.5 Å². The van der Waals surface area contributed by atoms with E-state index in [-0.39, 0.29) is 18.3 Å². The van der Waals surface area contributed by atoms with Crippen LogP contribution < -0.4 is 10.6 Å². The monoisotopic (exact) mass is 251 g/mol. The molecular weight excluding hydrogens is 234 g/mol. The molecule has 0 aromatic carbocycles. The molecule has 0 aliphatic carbocycles. The van der Waals surface area contributed by atoms with Gasteiger partial charge < -0.3 is 20.8 Å². The third kappa shape index (κ3) is 2.38. The SMILES string of the molecule is Nc1ccc(C(=O)O)nc1N1CCCC1CCO. The molecule has 0 saturated carbocycles. The number of hydrogen-bond donors (Lipinski definition) is 3. The molecule has 4 N–H and O–H groups in total. The molecule has 1 unspecified atom stereocenters. The van der Waals surface area contributed by atoms with Crippen LogP contribution in [0.4, 0.5) is 11.5 Å². The first-order valence-electron chi connectivity index (χ1n) is 6.01. The zero-order valence-electron chi connectivity index (χ0n) is 10.0. The Balaban J connectivity index is 2.31. The summed E-state index contributed by atoms with van der Waals surface area (Å²) >= 11 is 0. The van der Waals surface area contributed by atoms with E-state index in [0.29, 0.717) is 17.9 Å². The third-order valence-electron chi connectivity index (χ3n) is 3.24. The van der Waals surface area contributed by atoms with Gasteiger partial charge in [0.15, 0.2) is 11.5 Å². The normalized spacial score (nSPS) is 19.2. The number of carboxylic acids is 1. The third-order valence-corrected chi connectivity index (χ3v) is 3.24. The Morgan fingerprint density at radius 1 is 1.56 bits per heavy atom. The van der Waals surface area contributed by atoms with Gasteiger partial charge in [0.25, 0.3) is 0 Å². The Labute approximate surface area is 105 Å². The standard InChI is InChI=1S/C12H17N3O3/c13-9-3-4-10(12(17)18)14-11(9)15-6-1-2-8(15)5-7-16/h3-4,8,16H,1-2,5-7,13H2,(H,17,18). The lowest BCUT2D eigenvalue weighted by molar-refractivity contribution is 0.0690. The minimum Gasteiger partial charge on any atom is -0.477 e. The molecule has 0 radical (unpaired) electrons. The van der Waals surface area contributed by atoms with Gasteiger partial charge in [-0.1, -0.05) is 0 Å². The number of aliphatic hydroxyl groups excluding tert-OH is 1. The van der Waals surface area contributed by atoms with Crippen molar-refractivity contribution < 1.29 is 15.0 Å². The Morgan fingerprint density at radius 3 is 3.00 bits per heavy atom. The van der Waals surface area contributed by atoms with E-state index in [2.05, 4.69) is 4.98 Å². The van der Waals surface area contributed by atoms with Crippen LogP contribution in [0.15, 0.2) is 12.1 Å². The number of nitrogens with zero attached hydrogens (tertiary/aromatic N) is 2. The fraction of sp³-hybridized carbons (Fsp3) is 0.500. The molecule has 0 spiro atoms. The maximum absolute atomic E-state index is 10.9. The first-order chi connectivity index (χ1) is 8.63. The average molecular weight is 251 g/mol. The Morgan fingerprint density at radius 2 is 2.33 bits per heavy atom. The van der Waals surface area contributed by atoms with E-state index in [0.717, 1.165) is 19.4 Å². The number of carboxylic acid groups (broad SMARTS) is 1. The van der Waals surface area contributed by atoms with Crippen molar-refractivity contribution in [2.24, 2.45) is 0 Å². The number of nitrogen functional groups attached to an aromatic ring is 1. The highest BCUT2D eigenvalue weighted by Gasteiger charge is 2.27. The molecule has 0 amide bonds. The number of hydrogen-bond acceptors (Lipinski definition) is 5. The minimum absolute atomic E-state index is 0.00570. The predicted molar refractivity (Wildman–Crippen MR) is 67.7 cm³/mol. The van der Waals surface area contributed by atoms with Gasteiger partial charge in [-0.05, 0) is 31.4 Å². The summed E-state index contributed by atoms with van der Waals surface area (Å²) in [7, 11) is 0. The zero-order valence-corrected chi connectivity index (χ0v) is 10.0. The topological polar surface area (TPSA) is 99.7 Å². The summed E-state index contributed by atoms with van der Waals surface area (Å²) in [5.41, 5.74) is 6.34. The van der Waals surface area contributed by atoms with Gasteiger partial charge in [0.1, 0.15) is 0 Å². The summed E-state index contributed by atoms with van der Waals surface area (Å²) in [5.74, 6) is -0.542. The number of anilines is 2. The molecule has 1 aromatic heterocycles. The molecule has 1 aliphatic heterocycles. The molecule has 1 aliphatic rings. The van der Waals surface area contributed by atoms with E-state index in [4.69, 9.17) is 15.9 Å². The van der Waals surface area contributed by atoms with Crippen LogP contribution in [0.5, 0.6) is 0 Å². The summed E-state index contributed by atoms with van der Waals surface area (Å²) in [6.45, 7) is 0.907. The first kappa shape index (κ1) is 12.6. The van der Waals surface area contributed by atoms with Gasteiger partial charge in [-0.25, -0.2) is 9.78 Å². The van der Waals surface area contributed by atoms with Gasteiger partial charge in [-0.3, -0.25) is 0 Å². The summed E-state index contributed by atoms with van der Waals surface area (Å²) in [4.78, 5) is 17.0. The zero-order chi connectivity index (χ0) is 13.1. The second-order valence-corrected chi connectivity index (χ2v) is 4.42. The van der Waals surface area contributed by atoms with Crippen molar-refractivity contribution in [1.29, 1.82) is 0 Å². The lowest BCUT2D eigenvalue weighted by Gasteiger charge is -2.26. The van der Waals surface area contributed by atoms with Crippen LogP contribution >= 0.6 is 0 Å². The van der Waals surface area contributed by atoms with Gasteiger partial charge in [0.2, 0.25) is 0 Å². The van der Waals surface area contributed by atoms with Crippen LogP contribution in [0, 0.1) is 0 Å². The molecule has 98 valence electrons. The highest BCUT2D eigenvalue weighted by molar-refractivity contribution is 5.87. The van der Waals surface area contributed by atoms with Crippen molar-refractivity contribution in [2.45, 2.75) is 25.3 Å². The second-order valence-electron chi connectivity index (χ2n) is 4.42. The largest absolute Gasteiger partial charge is 0.477 e. The molecule has 6 heteroatoms. The summed E-state index contributed by atoms with van der Waals surface area (Å²) in [6, 6.07) is 3.16. The van der Waals surface area contributed by atoms with Crippen molar-refractivity contribution in [3.05, 3.63) is 17.8 Å². The van der Waals surface area contributed by atoms with E-state index in [1.165, 1.54) is 6.07 Å². The summed E-state index contributed by atoms with van der Waals surface area (Å²) < 4.78 is 0. The average Bonchev–Trinajstić information content (AvgIpc) is 2.78. The molecule has 2 rings (SSSR count). The molecular formula is C12H17N3O3. The van der Waals surface area contributed by atoms with Gasteiger partial charge in [-0.15, -0.1) is 0 Å². The number of aromatic nitrogens is 1. The summed E-state index contributed by atoms with van der Waals surface area (Å²) in [5, 5.41) is 18.0. The number of aromatic carboxylic acids is 1. The second kappa shape index (κ2) is 5.22. The van der Waals surface area contributed by atoms with Crippen LogP contribution in [0.1, 0.15) is 29.8 Å². The molecule has 1 saturated heterocycles. The maximum atomic E-state index is 10.9. The van der Waals surface area contributed by atoms with Crippen molar-refractivity contribution in [3.63, 3.8) is 0 Å². The molecule has 1 fully saturated rings. The number of pyridine rings is 1. The molecule has 1 atom stereocenters. The van der Waals surface area contributed by atoms with E-state index < -0.39 is 5.97 Å². The van der Waals surface area contributed by atoms with Gasteiger partial charge in [0, 0.05) is 19.2 Å². The Hall–Kier alpha value is -1.82. The molecule has 6 nitrogen and oxygen atoms in total. The van der Waals surface area contributed by atoms with Gasteiger partial charge >= 0.3 is 5.97 Å². The smallest absolute Gasteiger partial charge is 0.354 e. The van der Waals surface area contributed by atoms with Crippen molar-refractivity contribution in [3.8, 4) is 0 Å². The van der Waals surface area contributed by atoms with E-state index in [9.17, 15) is 4.79 Å². The highest BCUT2D eigenvalue weighted by Crippen LogP contribution is 2.30. The van der Waals surface area contributed by atoms with Crippen molar-refractivity contribution in [1.82, 2.24) is 4.98 Å². The molecule has 2 heterocycles. The van der Waals surface area contributed by atoms with E-state index >= 15 is 0 Å². The number of rotatable bonds is 4. The fourth-order valence-corrected chi connectivity index (χ4v) is 2.37. The molecule has 0 bridgehead atoms. The lowest BCUT2D eigenvalue weighted by atomic mass is 10.1. The quantitative estimate of drug-likeness (QED) is 0.729. The van der Waals surface area contributed by atoms with Crippen molar-refractivity contribution in [2.75, 3.05) is 23.8 Å². The predicted octanol–water partition coefficient (Wildman–Crippen LogP) is 0.713. The molecule has 18 heavy (non-hydrogen) atoms. The minimum atomic E-state index is -1.06. The Kier molecular flexibility index (Phi) is 3.66. The van der Waals surface area contributed by atoms with Crippen LogP contribution in [0.2, 0.25) is 0 Å². The van der Waals surface area contributed by atoms with Crippen LogP contribution in [0.3, 0.4) is 0 Å². The van der Waals surface area contributed by atoms with E-state index in [1.807, 2.05) is 4.90 Å². The van der Waals surface area contributed by atoms with Crippen LogP contribution in [-0.4, -0.2) is 40.4 Å². The highest BCUT2D eigenvalue weighted by atomic mass is 16.4. The van der Waals surface area contributed by atoms with Gasteiger partial charge in [0.05, 0.1) is 5.69 Å². The van der Waals surface area contributed by atoms with Gasteiger partial charge in [-0.2, -0.15) is 0 Å². The van der Waals surface area contributed by atoms with Crippen LogP contribution in [0.25, 0.3) is 0 Å². The first-order valence-corrected chi connectivity index (χ1v) is 6.01. The number of aliphatic hydroxyl groups is 1. The Bertz CT molecular complexity index is 450. The summed E-state index contributed by atoms with van der Waals surface area (Å²) in [6.07, 6.45) is 2.63. The number of carbonyl (C=O) groups is 1. The van der Waals surface area contributed by atoms with Crippen LogP contribution in [-0.2, 0) is 0 Å². The molecule has 1 aromatic rings. The lowest BCUT2D eigenvalue weighted by Crippen LogP contribution is -2.31.